The Morgan fingerprint density at radius 1 is 1.58 bits per heavy atom. The van der Waals surface area contributed by atoms with Crippen molar-refractivity contribution in [3.8, 4) is 0 Å². The lowest BCUT2D eigenvalue weighted by molar-refractivity contribution is 0.765. The maximum absolute atomic E-state index is 4.49. The van der Waals surface area contributed by atoms with Gasteiger partial charge in [-0.3, -0.25) is 0 Å². The van der Waals surface area contributed by atoms with Crippen LogP contribution in [0.4, 0.5) is 0 Å². The fourth-order valence-electron chi connectivity index (χ4n) is 1.05. The predicted molar refractivity (Wildman–Crippen MR) is 53.5 cm³/mol. The van der Waals surface area contributed by atoms with Gasteiger partial charge in [0.2, 0.25) is 0 Å². The van der Waals surface area contributed by atoms with Crippen molar-refractivity contribution < 1.29 is 0 Å². The zero-order chi connectivity index (χ0) is 8.81. The van der Waals surface area contributed by atoms with Gasteiger partial charge in [-0.05, 0) is 19.9 Å². The van der Waals surface area contributed by atoms with Crippen LogP contribution in [0.5, 0.6) is 0 Å². The first-order valence-corrected chi connectivity index (χ1v) is 5.32. The van der Waals surface area contributed by atoms with Crippen molar-refractivity contribution in [2.45, 2.75) is 32.7 Å². The smallest absolute Gasteiger partial charge is 0.0928 e. The number of nitrogens with one attached hydrogen (secondary N) is 1. The number of unbranched alkanes of at least 4 members (excludes halogenated alkanes) is 1. The second-order valence-corrected chi connectivity index (χ2v) is 3.81. The van der Waals surface area contributed by atoms with Crippen LogP contribution in [0.2, 0.25) is 0 Å². The van der Waals surface area contributed by atoms with E-state index in [1.165, 1.54) is 23.5 Å². The van der Waals surface area contributed by atoms with Gasteiger partial charge in [0.05, 0.1) is 10.7 Å². The predicted octanol–water partition coefficient (Wildman–Crippen LogP) is 2.21. The van der Waals surface area contributed by atoms with Crippen molar-refractivity contribution >= 4 is 11.3 Å². The van der Waals surface area contributed by atoms with E-state index in [2.05, 4.69) is 22.6 Å². The molecule has 12 heavy (non-hydrogen) atoms. The third-order valence-electron chi connectivity index (χ3n) is 1.70. The first-order valence-electron chi connectivity index (χ1n) is 4.44. The first-order chi connectivity index (χ1) is 5.86. The molecule has 0 aliphatic heterocycles. The highest BCUT2D eigenvalue weighted by molar-refractivity contribution is 7.09. The Morgan fingerprint density at radius 3 is 3.08 bits per heavy atom. The van der Waals surface area contributed by atoms with Crippen molar-refractivity contribution in [3.05, 3.63) is 16.1 Å². The van der Waals surface area contributed by atoms with Crippen LogP contribution < -0.4 is 5.32 Å². The molecule has 2 nitrogen and oxygen atoms in total. The van der Waals surface area contributed by atoms with E-state index in [-0.39, 0.29) is 0 Å². The zero-order valence-corrected chi connectivity index (χ0v) is 8.58. The Bertz CT molecular complexity index is 220. The molecule has 0 saturated carbocycles. The minimum Gasteiger partial charge on any atom is -0.314 e. The fourth-order valence-corrected chi connectivity index (χ4v) is 1.89. The van der Waals surface area contributed by atoms with Crippen LogP contribution in [-0.4, -0.2) is 12.0 Å². The molecule has 1 aromatic heterocycles. The lowest BCUT2D eigenvalue weighted by Crippen LogP contribution is -2.05. The molecule has 68 valence electrons. The monoisotopic (exact) mass is 184 g/mol. The topological polar surface area (TPSA) is 24.9 Å². The van der Waals surface area contributed by atoms with Crippen LogP contribution in [0.15, 0.2) is 5.38 Å². The third-order valence-corrected chi connectivity index (χ3v) is 2.66. The highest BCUT2D eigenvalue weighted by Crippen LogP contribution is 2.12. The van der Waals surface area contributed by atoms with Gasteiger partial charge in [0, 0.05) is 11.9 Å². The second-order valence-electron chi connectivity index (χ2n) is 2.87. The molecule has 1 heterocycles. The molecule has 0 fully saturated rings. The van der Waals surface area contributed by atoms with Gasteiger partial charge in [-0.25, -0.2) is 4.98 Å². The SMILES string of the molecule is CCCCc1nc(CNC)cs1. The molecule has 0 amide bonds. The molecule has 0 spiro atoms. The molecule has 0 unspecified atom stereocenters. The first kappa shape index (κ1) is 9.68. The van der Waals surface area contributed by atoms with E-state index >= 15 is 0 Å². The van der Waals surface area contributed by atoms with E-state index in [0.29, 0.717) is 0 Å². The summed E-state index contributed by atoms with van der Waals surface area (Å²) in [5, 5.41) is 6.52. The maximum Gasteiger partial charge on any atom is 0.0928 e. The molecule has 0 aliphatic rings. The molecule has 0 saturated heterocycles. The second kappa shape index (κ2) is 5.27. The van der Waals surface area contributed by atoms with E-state index < -0.39 is 0 Å². The molecular formula is C9H16N2S. The Balaban J connectivity index is 2.41. The van der Waals surface area contributed by atoms with Crippen molar-refractivity contribution in [3.63, 3.8) is 0 Å². The average molecular weight is 184 g/mol. The minimum atomic E-state index is 0.891. The van der Waals surface area contributed by atoms with Gasteiger partial charge in [-0.1, -0.05) is 13.3 Å². The molecular weight excluding hydrogens is 168 g/mol. The minimum absolute atomic E-state index is 0.891. The summed E-state index contributed by atoms with van der Waals surface area (Å²) in [5.74, 6) is 0. The maximum atomic E-state index is 4.49. The van der Waals surface area contributed by atoms with Gasteiger partial charge >= 0.3 is 0 Å². The largest absolute Gasteiger partial charge is 0.314 e. The molecule has 0 atom stereocenters. The number of thiazole rings is 1. The van der Waals surface area contributed by atoms with E-state index in [1.54, 1.807) is 11.3 Å². The molecule has 0 aromatic carbocycles. The van der Waals surface area contributed by atoms with Crippen molar-refractivity contribution in [2.24, 2.45) is 0 Å². The summed E-state index contributed by atoms with van der Waals surface area (Å²) in [6.07, 6.45) is 3.65. The average Bonchev–Trinajstić information content (AvgIpc) is 2.50. The lowest BCUT2D eigenvalue weighted by Gasteiger charge is -1.92. The Morgan fingerprint density at radius 2 is 2.42 bits per heavy atom. The van der Waals surface area contributed by atoms with E-state index in [4.69, 9.17) is 0 Å². The molecule has 1 aromatic rings. The summed E-state index contributed by atoms with van der Waals surface area (Å²) in [7, 11) is 1.95. The van der Waals surface area contributed by atoms with Crippen LogP contribution in [0, 0.1) is 0 Å². The summed E-state index contributed by atoms with van der Waals surface area (Å²) in [5.41, 5.74) is 1.17. The normalized spacial score (nSPS) is 10.5. The van der Waals surface area contributed by atoms with Gasteiger partial charge in [0.25, 0.3) is 0 Å². The Labute approximate surface area is 78.0 Å². The van der Waals surface area contributed by atoms with E-state index in [9.17, 15) is 0 Å². The quantitative estimate of drug-likeness (QED) is 0.759. The van der Waals surface area contributed by atoms with Gasteiger partial charge in [0.15, 0.2) is 0 Å². The summed E-state index contributed by atoms with van der Waals surface area (Å²) in [6, 6.07) is 0. The lowest BCUT2D eigenvalue weighted by atomic mass is 10.3. The fraction of sp³-hybridized carbons (Fsp3) is 0.667. The number of aromatic nitrogens is 1. The van der Waals surface area contributed by atoms with Crippen LogP contribution in [0.3, 0.4) is 0 Å². The number of rotatable bonds is 5. The highest BCUT2D eigenvalue weighted by atomic mass is 32.1. The van der Waals surface area contributed by atoms with Crippen molar-refractivity contribution in [1.82, 2.24) is 10.3 Å². The standard InChI is InChI=1S/C9H16N2S/c1-3-4-5-9-11-8(6-10-2)7-12-9/h7,10H,3-6H2,1-2H3. The van der Waals surface area contributed by atoms with Crippen molar-refractivity contribution in [2.75, 3.05) is 7.05 Å². The zero-order valence-electron chi connectivity index (χ0n) is 7.76. The van der Waals surface area contributed by atoms with Crippen molar-refractivity contribution in [1.29, 1.82) is 0 Å². The number of hydrogen-bond donors (Lipinski definition) is 1. The number of nitrogens with zero attached hydrogens (tertiary/aromatic N) is 1. The van der Waals surface area contributed by atoms with Gasteiger partial charge < -0.3 is 5.32 Å². The molecule has 0 radical (unpaired) electrons. The van der Waals surface area contributed by atoms with E-state index in [0.717, 1.165) is 13.0 Å². The number of aryl methyl sites for hydroxylation is 1. The van der Waals surface area contributed by atoms with Crippen LogP contribution >= 0.6 is 11.3 Å². The summed E-state index contributed by atoms with van der Waals surface area (Å²) < 4.78 is 0. The Hall–Kier alpha value is -0.410. The molecule has 3 heteroatoms. The molecule has 1 rings (SSSR count). The van der Waals surface area contributed by atoms with Gasteiger partial charge in [-0.2, -0.15) is 0 Å². The Kier molecular flexibility index (Phi) is 4.25. The summed E-state index contributed by atoms with van der Waals surface area (Å²) in [6.45, 7) is 3.10. The highest BCUT2D eigenvalue weighted by Gasteiger charge is 1.99. The molecule has 1 N–H and O–H groups in total. The van der Waals surface area contributed by atoms with Crippen LogP contribution in [0.25, 0.3) is 0 Å². The van der Waals surface area contributed by atoms with Gasteiger partial charge in [0.1, 0.15) is 0 Å². The third kappa shape index (κ3) is 2.91. The van der Waals surface area contributed by atoms with Crippen LogP contribution in [-0.2, 0) is 13.0 Å². The molecule has 0 bridgehead atoms. The van der Waals surface area contributed by atoms with E-state index in [1.807, 2.05) is 7.05 Å². The van der Waals surface area contributed by atoms with Gasteiger partial charge in [-0.15, -0.1) is 11.3 Å². The molecule has 0 aliphatic carbocycles. The summed E-state index contributed by atoms with van der Waals surface area (Å²) >= 11 is 1.78. The number of hydrogen-bond acceptors (Lipinski definition) is 3. The van der Waals surface area contributed by atoms with Crippen LogP contribution in [0.1, 0.15) is 30.5 Å². The summed E-state index contributed by atoms with van der Waals surface area (Å²) in [4.78, 5) is 4.49.